The molecule has 0 atom stereocenters. The van der Waals surface area contributed by atoms with Crippen LogP contribution in [0.3, 0.4) is 0 Å². The second-order valence-corrected chi connectivity index (χ2v) is 4.92. The van der Waals surface area contributed by atoms with Crippen LogP contribution in [0.15, 0.2) is 48.5 Å². The molecule has 2 rings (SSSR count). The number of urea groups is 1. The summed E-state index contributed by atoms with van der Waals surface area (Å²) in [5.74, 6) is -0.460. The third-order valence-corrected chi connectivity index (χ3v) is 2.94. The van der Waals surface area contributed by atoms with Crippen LogP contribution in [-0.4, -0.2) is 25.1 Å². The molecule has 0 aliphatic heterocycles. The summed E-state index contributed by atoms with van der Waals surface area (Å²) in [5, 5.41) is 7.87. The standard InChI is InChI=1S/C17H18FN3O3/c1-12(22)20-13-6-8-14(9-7-13)21-17(23)19-10-11-24-16-5-3-2-4-15(16)18/h2-9H,10-11H2,1H3,(H,20,22)(H2,19,21,23). The maximum Gasteiger partial charge on any atom is 0.319 e. The van der Waals surface area contributed by atoms with Crippen LogP contribution in [-0.2, 0) is 4.79 Å². The Hall–Kier alpha value is -3.09. The van der Waals surface area contributed by atoms with Gasteiger partial charge >= 0.3 is 6.03 Å². The summed E-state index contributed by atoms with van der Waals surface area (Å²) >= 11 is 0. The second kappa shape index (κ2) is 8.52. The van der Waals surface area contributed by atoms with E-state index < -0.39 is 11.8 Å². The van der Waals surface area contributed by atoms with Gasteiger partial charge in [0.1, 0.15) is 6.61 Å². The van der Waals surface area contributed by atoms with Crippen LogP contribution in [0.1, 0.15) is 6.92 Å². The Kier molecular flexibility index (Phi) is 6.13. The predicted octanol–water partition coefficient (Wildman–Crippen LogP) is 2.98. The van der Waals surface area contributed by atoms with Crippen LogP contribution in [0.25, 0.3) is 0 Å². The van der Waals surface area contributed by atoms with Crippen molar-refractivity contribution in [2.24, 2.45) is 0 Å². The number of nitrogens with one attached hydrogen (secondary N) is 3. The van der Waals surface area contributed by atoms with Gasteiger partial charge in [-0.2, -0.15) is 0 Å². The molecule has 2 aromatic carbocycles. The average molecular weight is 331 g/mol. The first kappa shape index (κ1) is 17.3. The lowest BCUT2D eigenvalue weighted by Gasteiger charge is -2.10. The molecule has 126 valence electrons. The third-order valence-electron chi connectivity index (χ3n) is 2.94. The van der Waals surface area contributed by atoms with Crippen molar-refractivity contribution in [2.45, 2.75) is 6.92 Å². The molecule has 0 aliphatic carbocycles. The monoisotopic (exact) mass is 331 g/mol. The van der Waals surface area contributed by atoms with Gasteiger partial charge in [-0.25, -0.2) is 9.18 Å². The van der Waals surface area contributed by atoms with E-state index in [1.165, 1.54) is 19.1 Å². The van der Waals surface area contributed by atoms with Gasteiger partial charge in [0.25, 0.3) is 0 Å². The lowest BCUT2D eigenvalue weighted by Crippen LogP contribution is -2.32. The molecule has 0 saturated carbocycles. The number of halogens is 1. The molecule has 0 saturated heterocycles. The summed E-state index contributed by atoms with van der Waals surface area (Å²) in [4.78, 5) is 22.7. The van der Waals surface area contributed by atoms with Gasteiger partial charge < -0.3 is 20.7 Å². The number of rotatable bonds is 6. The number of benzene rings is 2. The summed E-state index contributed by atoms with van der Waals surface area (Å²) < 4.78 is 18.6. The smallest absolute Gasteiger partial charge is 0.319 e. The Morgan fingerprint density at radius 3 is 2.25 bits per heavy atom. The number of hydrogen-bond acceptors (Lipinski definition) is 3. The molecule has 0 fully saturated rings. The lowest BCUT2D eigenvalue weighted by molar-refractivity contribution is -0.114. The van der Waals surface area contributed by atoms with E-state index in [1.54, 1.807) is 36.4 Å². The molecule has 24 heavy (non-hydrogen) atoms. The van der Waals surface area contributed by atoms with Crippen molar-refractivity contribution in [1.82, 2.24) is 5.32 Å². The number of ether oxygens (including phenoxy) is 1. The van der Waals surface area contributed by atoms with E-state index in [1.807, 2.05) is 0 Å². The minimum absolute atomic E-state index is 0.147. The van der Waals surface area contributed by atoms with Gasteiger partial charge in [0, 0.05) is 18.3 Å². The van der Waals surface area contributed by atoms with Crippen LogP contribution >= 0.6 is 0 Å². The zero-order valence-electron chi connectivity index (χ0n) is 13.1. The Morgan fingerprint density at radius 1 is 1.00 bits per heavy atom. The minimum Gasteiger partial charge on any atom is -0.489 e. The largest absolute Gasteiger partial charge is 0.489 e. The fourth-order valence-electron chi connectivity index (χ4n) is 1.90. The van der Waals surface area contributed by atoms with Crippen molar-refractivity contribution >= 4 is 23.3 Å². The molecule has 3 N–H and O–H groups in total. The van der Waals surface area contributed by atoms with Crippen molar-refractivity contribution in [3.63, 3.8) is 0 Å². The van der Waals surface area contributed by atoms with Crippen molar-refractivity contribution in [1.29, 1.82) is 0 Å². The van der Waals surface area contributed by atoms with Crippen LogP contribution in [0.4, 0.5) is 20.6 Å². The van der Waals surface area contributed by atoms with Gasteiger partial charge in [0.15, 0.2) is 11.6 Å². The summed E-state index contributed by atoms with van der Waals surface area (Å²) in [6, 6.07) is 12.4. The van der Waals surface area contributed by atoms with Gasteiger partial charge in [-0.1, -0.05) is 12.1 Å². The minimum atomic E-state index is -0.443. The molecule has 0 aromatic heterocycles. The van der Waals surface area contributed by atoms with E-state index in [2.05, 4.69) is 16.0 Å². The van der Waals surface area contributed by atoms with Crippen LogP contribution < -0.4 is 20.7 Å². The molecule has 3 amide bonds. The highest BCUT2D eigenvalue weighted by Crippen LogP contribution is 2.15. The zero-order chi connectivity index (χ0) is 17.4. The molecule has 0 radical (unpaired) electrons. The molecular formula is C17H18FN3O3. The normalized spacial score (nSPS) is 9.92. The first-order valence-corrected chi connectivity index (χ1v) is 7.34. The molecule has 0 heterocycles. The number of carbonyl (C=O) groups excluding carboxylic acids is 2. The fourth-order valence-corrected chi connectivity index (χ4v) is 1.90. The van der Waals surface area contributed by atoms with E-state index in [0.29, 0.717) is 11.4 Å². The topological polar surface area (TPSA) is 79.5 Å². The molecule has 7 heteroatoms. The van der Waals surface area contributed by atoms with E-state index in [0.717, 1.165) is 0 Å². The van der Waals surface area contributed by atoms with Gasteiger partial charge in [-0.15, -0.1) is 0 Å². The lowest BCUT2D eigenvalue weighted by atomic mass is 10.3. The highest BCUT2D eigenvalue weighted by Gasteiger charge is 2.04. The van der Waals surface area contributed by atoms with Crippen molar-refractivity contribution in [2.75, 3.05) is 23.8 Å². The van der Waals surface area contributed by atoms with Crippen LogP contribution in [0, 0.1) is 5.82 Å². The Labute approximate surface area is 139 Å². The van der Waals surface area contributed by atoms with Crippen molar-refractivity contribution in [3.8, 4) is 5.75 Å². The first-order chi connectivity index (χ1) is 11.5. The predicted molar refractivity (Wildman–Crippen MR) is 89.7 cm³/mol. The summed E-state index contributed by atoms with van der Waals surface area (Å²) in [6.45, 7) is 1.79. The van der Waals surface area contributed by atoms with Gasteiger partial charge in [0.2, 0.25) is 5.91 Å². The fraction of sp³-hybridized carbons (Fsp3) is 0.176. The summed E-state index contributed by atoms with van der Waals surface area (Å²) in [5.41, 5.74) is 1.23. The number of hydrogen-bond donors (Lipinski definition) is 3. The van der Waals surface area contributed by atoms with Gasteiger partial charge in [-0.3, -0.25) is 4.79 Å². The van der Waals surface area contributed by atoms with Gasteiger partial charge in [0.05, 0.1) is 6.54 Å². The van der Waals surface area contributed by atoms with E-state index in [-0.39, 0.29) is 24.8 Å². The molecule has 0 bridgehead atoms. The van der Waals surface area contributed by atoms with E-state index >= 15 is 0 Å². The molecular weight excluding hydrogens is 313 g/mol. The number of amides is 3. The Balaban J connectivity index is 1.71. The molecule has 2 aromatic rings. The molecule has 0 aliphatic rings. The highest BCUT2D eigenvalue weighted by molar-refractivity contribution is 5.91. The molecule has 6 nitrogen and oxygen atoms in total. The Morgan fingerprint density at radius 2 is 1.62 bits per heavy atom. The highest BCUT2D eigenvalue weighted by atomic mass is 19.1. The first-order valence-electron chi connectivity index (χ1n) is 7.34. The molecule has 0 unspecified atom stereocenters. The van der Waals surface area contributed by atoms with E-state index in [9.17, 15) is 14.0 Å². The SMILES string of the molecule is CC(=O)Nc1ccc(NC(=O)NCCOc2ccccc2F)cc1. The third kappa shape index (κ3) is 5.60. The van der Waals surface area contributed by atoms with Gasteiger partial charge in [-0.05, 0) is 36.4 Å². The summed E-state index contributed by atoms with van der Waals surface area (Å²) in [7, 11) is 0. The quantitative estimate of drug-likeness (QED) is 0.712. The van der Waals surface area contributed by atoms with Crippen molar-refractivity contribution < 1.29 is 18.7 Å². The number of anilines is 2. The summed E-state index contributed by atoms with van der Waals surface area (Å²) in [6.07, 6.45) is 0. The zero-order valence-corrected chi connectivity index (χ0v) is 13.1. The van der Waals surface area contributed by atoms with Crippen molar-refractivity contribution in [3.05, 3.63) is 54.3 Å². The maximum atomic E-state index is 13.3. The number of carbonyl (C=O) groups is 2. The van der Waals surface area contributed by atoms with E-state index in [4.69, 9.17) is 4.74 Å². The second-order valence-electron chi connectivity index (χ2n) is 4.92. The van der Waals surface area contributed by atoms with Crippen LogP contribution in [0.2, 0.25) is 0 Å². The Bertz CT molecular complexity index is 704. The molecule has 0 spiro atoms. The van der Waals surface area contributed by atoms with Crippen LogP contribution in [0.5, 0.6) is 5.75 Å². The number of para-hydroxylation sites is 1. The maximum absolute atomic E-state index is 13.3. The average Bonchev–Trinajstić information content (AvgIpc) is 2.54.